The first-order valence-electron chi connectivity index (χ1n) is 11.8. The number of methoxy groups -OCH3 is 3. The van der Waals surface area contributed by atoms with Gasteiger partial charge in [-0.1, -0.05) is 35.0 Å². The van der Waals surface area contributed by atoms with Gasteiger partial charge in [0.1, 0.15) is 0 Å². The van der Waals surface area contributed by atoms with Gasteiger partial charge in [0.2, 0.25) is 23.4 Å². The van der Waals surface area contributed by atoms with Gasteiger partial charge in [-0.25, -0.2) is 0 Å². The molecule has 0 saturated carbocycles. The number of nitrogens with zero attached hydrogens (tertiary/aromatic N) is 4. The fraction of sp³-hybridized carbons (Fsp3) is 0.370. The first kappa shape index (κ1) is 25.2. The van der Waals surface area contributed by atoms with Crippen LogP contribution in [-0.2, 0) is 4.79 Å². The zero-order valence-electron chi connectivity index (χ0n) is 21.4. The molecule has 0 radical (unpaired) electrons. The normalized spacial score (nSPS) is 15.2. The third-order valence-corrected chi connectivity index (χ3v) is 6.39. The third-order valence-electron chi connectivity index (χ3n) is 6.39. The van der Waals surface area contributed by atoms with Crippen LogP contribution in [0.15, 0.2) is 47.0 Å². The van der Waals surface area contributed by atoms with Crippen molar-refractivity contribution in [2.45, 2.75) is 19.9 Å². The number of amides is 1. The summed E-state index contributed by atoms with van der Waals surface area (Å²) in [6, 6.07) is 11.6. The summed E-state index contributed by atoms with van der Waals surface area (Å²) in [6.45, 7) is 6.75. The van der Waals surface area contributed by atoms with E-state index in [0.29, 0.717) is 55.1 Å². The highest BCUT2D eigenvalue weighted by Gasteiger charge is 2.27. The Bertz CT molecular complexity index is 1190. The van der Waals surface area contributed by atoms with Crippen LogP contribution in [0.2, 0.25) is 0 Å². The first-order valence-corrected chi connectivity index (χ1v) is 11.8. The molecule has 3 aromatic rings. The quantitative estimate of drug-likeness (QED) is 0.436. The molecule has 0 bridgehead atoms. The molecule has 1 aliphatic rings. The minimum Gasteiger partial charge on any atom is -0.493 e. The molecule has 2 heterocycles. The molecule has 190 valence electrons. The van der Waals surface area contributed by atoms with Crippen molar-refractivity contribution in [2.24, 2.45) is 0 Å². The van der Waals surface area contributed by atoms with Crippen molar-refractivity contribution in [1.29, 1.82) is 0 Å². The molecule has 1 fully saturated rings. The summed E-state index contributed by atoms with van der Waals surface area (Å²) < 4.78 is 21.7. The van der Waals surface area contributed by atoms with Crippen molar-refractivity contribution in [3.8, 4) is 28.6 Å². The summed E-state index contributed by atoms with van der Waals surface area (Å²) >= 11 is 0. The van der Waals surface area contributed by atoms with Crippen LogP contribution in [0.1, 0.15) is 30.0 Å². The van der Waals surface area contributed by atoms with Crippen molar-refractivity contribution in [2.75, 3.05) is 47.5 Å². The van der Waals surface area contributed by atoms with Crippen LogP contribution in [-0.4, -0.2) is 73.4 Å². The Morgan fingerprint density at radius 3 is 2.22 bits per heavy atom. The van der Waals surface area contributed by atoms with E-state index in [1.54, 1.807) is 45.6 Å². The molecule has 2 aromatic carbocycles. The summed E-state index contributed by atoms with van der Waals surface area (Å²) in [5.41, 5.74) is 2.89. The Morgan fingerprint density at radius 1 is 1.00 bits per heavy atom. The van der Waals surface area contributed by atoms with E-state index < -0.39 is 0 Å². The van der Waals surface area contributed by atoms with Crippen LogP contribution in [0.5, 0.6) is 17.2 Å². The van der Waals surface area contributed by atoms with E-state index in [1.807, 2.05) is 43.0 Å². The molecule has 36 heavy (non-hydrogen) atoms. The van der Waals surface area contributed by atoms with Crippen molar-refractivity contribution >= 4 is 12.0 Å². The molecule has 1 amide bonds. The summed E-state index contributed by atoms with van der Waals surface area (Å²) in [7, 11) is 4.68. The lowest BCUT2D eigenvalue weighted by atomic mass is 10.1. The maximum Gasteiger partial charge on any atom is 0.246 e. The van der Waals surface area contributed by atoms with Gasteiger partial charge in [0, 0.05) is 37.8 Å². The van der Waals surface area contributed by atoms with Crippen molar-refractivity contribution < 1.29 is 23.5 Å². The fourth-order valence-corrected chi connectivity index (χ4v) is 4.18. The Balaban J connectivity index is 1.35. The fourth-order valence-electron chi connectivity index (χ4n) is 4.18. The molecular weight excluding hydrogens is 460 g/mol. The Kier molecular flexibility index (Phi) is 7.90. The number of carbonyl (C=O) groups is 1. The molecule has 0 spiro atoms. The molecule has 4 rings (SSSR count). The average Bonchev–Trinajstić information content (AvgIpc) is 3.41. The molecule has 1 aliphatic heterocycles. The lowest BCUT2D eigenvalue weighted by Crippen LogP contribution is -2.48. The number of aryl methyl sites for hydroxylation is 1. The number of rotatable bonds is 8. The second kappa shape index (κ2) is 11.3. The van der Waals surface area contributed by atoms with Crippen LogP contribution in [0.4, 0.5) is 0 Å². The lowest BCUT2D eigenvalue weighted by Gasteiger charge is -2.36. The summed E-state index contributed by atoms with van der Waals surface area (Å²) in [4.78, 5) is 21.5. The highest BCUT2D eigenvalue weighted by atomic mass is 16.5. The number of ether oxygens (including phenoxy) is 3. The maximum atomic E-state index is 12.8. The van der Waals surface area contributed by atoms with Crippen LogP contribution in [0, 0.1) is 6.92 Å². The number of hydrogen-bond acceptors (Lipinski definition) is 8. The van der Waals surface area contributed by atoms with Gasteiger partial charge in [0.15, 0.2) is 11.5 Å². The predicted octanol–water partition coefficient (Wildman–Crippen LogP) is 3.99. The number of carbonyl (C=O) groups excluding carboxylic acids is 1. The number of piperazine rings is 1. The molecule has 0 aliphatic carbocycles. The number of aromatic nitrogens is 2. The van der Waals surface area contributed by atoms with Gasteiger partial charge in [-0.05, 0) is 37.6 Å². The van der Waals surface area contributed by atoms with E-state index in [9.17, 15) is 4.79 Å². The van der Waals surface area contributed by atoms with E-state index in [-0.39, 0.29) is 11.9 Å². The Labute approximate surface area is 211 Å². The second-order valence-electron chi connectivity index (χ2n) is 8.65. The van der Waals surface area contributed by atoms with Crippen molar-refractivity contribution in [3.05, 3.63) is 59.5 Å². The van der Waals surface area contributed by atoms with Gasteiger partial charge in [-0.3, -0.25) is 9.69 Å². The molecule has 0 N–H and O–H groups in total. The van der Waals surface area contributed by atoms with Crippen LogP contribution in [0.25, 0.3) is 17.5 Å². The lowest BCUT2D eigenvalue weighted by molar-refractivity contribution is -0.128. The van der Waals surface area contributed by atoms with Gasteiger partial charge in [-0.15, -0.1) is 0 Å². The van der Waals surface area contributed by atoms with Gasteiger partial charge < -0.3 is 23.6 Å². The number of benzene rings is 2. The van der Waals surface area contributed by atoms with E-state index in [2.05, 4.69) is 15.0 Å². The number of hydrogen-bond donors (Lipinski definition) is 0. The van der Waals surface area contributed by atoms with Crippen LogP contribution >= 0.6 is 0 Å². The maximum absolute atomic E-state index is 12.8. The van der Waals surface area contributed by atoms with Crippen LogP contribution in [0.3, 0.4) is 0 Å². The summed E-state index contributed by atoms with van der Waals surface area (Å²) in [5, 5.41) is 4.15. The standard InChI is InChI=1S/C27H32N4O5/c1-18-6-9-21(10-7-18)26-28-27(36-29-26)19(2)30-12-14-31(15-13-30)24(32)11-8-20-16-22(33-3)25(35-5)23(17-20)34-4/h6-11,16-17,19H,12-15H2,1-5H3/b11-8+. The molecular formula is C27H32N4O5. The van der Waals surface area contributed by atoms with Crippen molar-refractivity contribution in [3.63, 3.8) is 0 Å². The monoisotopic (exact) mass is 492 g/mol. The van der Waals surface area contributed by atoms with E-state index in [4.69, 9.17) is 18.7 Å². The molecule has 9 nitrogen and oxygen atoms in total. The largest absolute Gasteiger partial charge is 0.493 e. The van der Waals surface area contributed by atoms with E-state index in [1.165, 1.54) is 5.56 Å². The zero-order chi connectivity index (χ0) is 25.7. The van der Waals surface area contributed by atoms with Gasteiger partial charge in [-0.2, -0.15) is 4.98 Å². The first-order chi connectivity index (χ1) is 17.4. The molecule has 9 heteroatoms. The summed E-state index contributed by atoms with van der Waals surface area (Å²) in [6.07, 6.45) is 3.33. The van der Waals surface area contributed by atoms with E-state index >= 15 is 0 Å². The van der Waals surface area contributed by atoms with Gasteiger partial charge >= 0.3 is 0 Å². The Hall–Kier alpha value is -3.85. The molecule has 1 aromatic heterocycles. The van der Waals surface area contributed by atoms with Crippen LogP contribution < -0.4 is 14.2 Å². The second-order valence-corrected chi connectivity index (χ2v) is 8.65. The smallest absolute Gasteiger partial charge is 0.246 e. The minimum absolute atomic E-state index is 0.0382. The van der Waals surface area contributed by atoms with Gasteiger partial charge in [0.05, 0.1) is 27.4 Å². The molecule has 1 saturated heterocycles. The van der Waals surface area contributed by atoms with Crippen molar-refractivity contribution in [1.82, 2.24) is 19.9 Å². The highest BCUT2D eigenvalue weighted by molar-refractivity contribution is 5.92. The van der Waals surface area contributed by atoms with Gasteiger partial charge in [0.25, 0.3) is 0 Å². The Morgan fingerprint density at radius 2 is 1.64 bits per heavy atom. The minimum atomic E-state index is -0.0458. The predicted molar refractivity (Wildman–Crippen MR) is 136 cm³/mol. The molecule has 1 unspecified atom stereocenters. The SMILES string of the molecule is COc1cc(/C=C/C(=O)N2CCN(C(C)c3nc(-c4ccc(C)cc4)no3)CC2)cc(OC)c1OC. The summed E-state index contributed by atoms with van der Waals surface area (Å²) in [5.74, 6) is 2.71. The topological polar surface area (TPSA) is 90.2 Å². The van der Waals surface area contributed by atoms with E-state index in [0.717, 1.165) is 11.1 Å². The highest BCUT2D eigenvalue weighted by Crippen LogP contribution is 2.38. The third kappa shape index (κ3) is 5.52. The molecule has 1 atom stereocenters. The average molecular weight is 493 g/mol. The zero-order valence-corrected chi connectivity index (χ0v) is 21.4.